The topological polar surface area (TPSA) is 107 Å². The quantitative estimate of drug-likeness (QED) is 0.411. The first-order valence-corrected chi connectivity index (χ1v) is 6.30. The van der Waals surface area contributed by atoms with E-state index in [1.54, 1.807) is 0 Å². The largest absolute Gasteiger partial charge is 0.481 e. The van der Waals surface area contributed by atoms with Gasteiger partial charge in [-0.2, -0.15) is 0 Å². The van der Waals surface area contributed by atoms with Gasteiger partial charge in [0.15, 0.2) is 0 Å². The second-order valence-corrected chi connectivity index (χ2v) is 4.06. The Labute approximate surface area is 122 Å². The zero-order chi connectivity index (χ0) is 16.0. The average Bonchev–Trinajstić information content (AvgIpc) is 2.30. The van der Waals surface area contributed by atoms with Crippen LogP contribution in [0.2, 0.25) is 0 Å². The van der Waals surface area contributed by atoms with Gasteiger partial charge in [0.05, 0.1) is 13.2 Å². The highest BCUT2D eigenvalue weighted by Crippen LogP contribution is 1.94. The van der Waals surface area contributed by atoms with Crippen LogP contribution in [0.25, 0.3) is 0 Å². The molecular weight excluding hydrogens is 292 g/mol. The molecule has 0 heterocycles. The molecular formula is C12H19ClO7. The lowest BCUT2D eigenvalue weighted by Crippen LogP contribution is -2.03. The van der Waals surface area contributed by atoms with E-state index in [0.29, 0.717) is 12.8 Å². The molecule has 0 amide bonds. The van der Waals surface area contributed by atoms with Crippen molar-refractivity contribution in [3.05, 3.63) is 0 Å². The van der Waals surface area contributed by atoms with Gasteiger partial charge in [0.25, 0.3) is 0 Å². The van der Waals surface area contributed by atoms with E-state index in [9.17, 15) is 19.2 Å². The fourth-order valence-electron chi connectivity index (χ4n) is 0.866. The summed E-state index contributed by atoms with van der Waals surface area (Å²) >= 11 is 5.01. The van der Waals surface area contributed by atoms with Crippen LogP contribution in [0, 0.1) is 0 Å². The van der Waals surface area contributed by atoms with Gasteiger partial charge in [0.2, 0.25) is 5.24 Å². The first-order chi connectivity index (χ1) is 9.25. The monoisotopic (exact) mass is 310 g/mol. The Morgan fingerprint density at radius 3 is 1.60 bits per heavy atom. The Morgan fingerprint density at radius 1 is 0.900 bits per heavy atom. The van der Waals surface area contributed by atoms with Gasteiger partial charge in [0.1, 0.15) is 0 Å². The number of hydrogen-bond acceptors (Lipinski definition) is 6. The molecule has 0 saturated carbocycles. The van der Waals surface area contributed by atoms with Crippen molar-refractivity contribution in [1.29, 1.82) is 0 Å². The molecule has 0 aromatic rings. The van der Waals surface area contributed by atoms with Crippen LogP contribution in [-0.4, -0.2) is 41.5 Å². The molecule has 0 bridgehead atoms. The summed E-state index contributed by atoms with van der Waals surface area (Å²) in [6.45, 7) is 3.08. The molecule has 0 aliphatic rings. The van der Waals surface area contributed by atoms with E-state index in [0.717, 1.165) is 0 Å². The maximum absolute atomic E-state index is 10.1. The summed E-state index contributed by atoms with van der Waals surface area (Å²) in [5.41, 5.74) is 0. The molecule has 0 rings (SSSR count). The maximum atomic E-state index is 10.1. The molecule has 8 heteroatoms. The summed E-state index contributed by atoms with van der Waals surface area (Å²) in [6, 6.07) is 0. The zero-order valence-electron chi connectivity index (χ0n) is 11.5. The second-order valence-electron chi connectivity index (χ2n) is 3.64. The SMILES string of the molecule is CC(=O)OCCCC(=O)Cl.CC(=O)OCCCC(=O)O. The fourth-order valence-corrected chi connectivity index (χ4v) is 1.000. The number of ether oxygens (including phenoxy) is 2. The van der Waals surface area contributed by atoms with Crippen LogP contribution < -0.4 is 0 Å². The van der Waals surface area contributed by atoms with Crippen LogP contribution in [0.1, 0.15) is 39.5 Å². The number of carbonyl (C=O) groups is 4. The Hall–Kier alpha value is -1.63. The van der Waals surface area contributed by atoms with Crippen molar-refractivity contribution in [2.75, 3.05) is 13.2 Å². The summed E-state index contributed by atoms with van der Waals surface area (Å²) in [5.74, 6) is -1.57. The lowest BCUT2D eigenvalue weighted by molar-refractivity contribution is -0.143. The average molecular weight is 311 g/mol. The summed E-state index contributed by atoms with van der Waals surface area (Å²) in [7, 11) is 0. The Morgan fingerprint density at radius 2 is 1.30 bits per heavy atom. The Kier molecular flexibility index (Phi) is 14.3. The van der Waals surface area contributed by atoms with Crippen molar-refractivity contribution >= 4 is 34.8 Å². The van der Waals surface area contributed by atoms with E-state index in [4.69, 9.17) is 16.7 Å². The molecule has 0 atom stereocenters. The Balaban J connectivity index is 0. The number of esters is 2. The first-order valence-electron chi connectivity index (χ1n) is 5.92. The highest BCUT2D eigenvalue weighted by molar-refractivity contribution is 6.63. The third-order valence-corrected chi connectivity index (χ3v) is 1.85. The van der Waals surface area contributed by atoms with E-state index < -0.39 is 11.2 Å². The number of halogens is 1. The zero-order valence-corrected chi connectivity index (χ0v) is 12.3. The van der Waals surface area contributed by atoms with Crippen LogP contribution >= 0.6 is 11.6 Å². The van der Waals surface area contributed by atoms with Crippen molar-refractivity contribution in [3.63, 3.8) is 0 Å². The molecule has 0 unspecified atom stereocenters. The minimum atomic E-state index is -0.868. The number of hydrogen-bond donors (Lipinski definition) is 1. The minimum absolute atomic E-state index is 0.0489. The molecule has 0 spiro atoms. The molecule has 0 saturated heterocycles. The predicted octanol–water partition coefficient (Wildman–Crippen LogP) is 1.51. The van der Waals surface area contributed by atoms with Crippen LogP contribution in [0.4, 0.5) is 0 Å². The summed E-state index contributed by atoms with van der Waals surface area (Å²) in [6.07, 6.45) is 1.19. The minimum Gasteiger partial charge on any atom is -0.481 e. The third-order valence-electron chi connectivity index (χ3n) is 1.66. The lowest BCUT2D eigenvalue weighted by atomic mass is 10.3. The van der Waals surface area contributed by atoms with Gasteiger partial charge in [-0.1, -0.05) is 0 Å². The fraction of sp³-hybridized carbons (Fsp3) is 0.667. The van der Waals surface area contributed by atoms with Gasteiger partial charge in [0, 0.05) is 26.7 Å². The molecule has 0 fully saturated rings. The van der Waals surface area contributed by atoms with Crippen LogP contribution in [0.3, 0.4) is 0 Å². The molecule has 116 valence electrons. The van der Waals surface area contributed by atoms with E-state index in [-0.39, 0.29) is 38.0 Å². The highest BCUT2D eigenvalue weighted by Gasteiger charge is 1.97. The van der Waals surface area contributed by atoms with E-state index in [2.05, 4.69) is 9.47 Å². The number of carboxylic acid groups (broad SMARTS) is 1. The number of aliphatic carboxylic acids is 1. The van der Waals surface area contributed by atoms with E-state index in [1.165, 1.54) is 13.8 Å². The molecule has 7 nitrogen and oxygen atoms in total. The van der Waals surface area contributed by atoms with Crippen molar-refractivity contribution in [3.8, 4) is 0 Å². The van der Waals surface area contributed by atoms with E-state index in [1.807, 2.05) is 0 Å². The smallest absolute Gasteiger partial charge is 0.303 e. The van der Waals surface area contributed by atoms with Crippen molar-refractivity contribution < 1.29 is 33.8 Å². The number of carboxylic acids is 1. The normalized spacial score (nSPS) is 8.95. The molecule has 0 aliphatic heterocycles. The molecule has 0 aromatic carbocycles. The van der Waals surface area contributed by atoms with Gasteiger partial charge >= 0.3 is 17.9 Å². The van der Waals surface area contributed by atoms with E-state index >= 15 is 0 Å². The summed E-state index contributed by atoms with van der Waals surface area (Å²) in [5, 5.41) is 7.74. The highest BCUT2D eigenvalue weighted by atomic mass is 35.5. The van der Waals surface area contributed by atoms with Gasteiger partial charge in [-0.25, -0.2) is 0 Å². The standard InChI is InChI=1S/C6H9ClO3.C6H10O4/c1-5(8)10-4-2-3-6(7)9;1-5(7)10-4-2-3-6(8)9/h2-4H2,1H3;2-4H2,1H3,(H,8,9). The van der Waals surface area contributed by atoms with Crippen molar-refractivity contribution in [2.45, 2.75) is 39.5 Å². The van der Waals surface area contributed by atoms with Gasteiger partial charge in [-0.15, -0.1) is 0 Å². The molecule has 20 heavy (non-hydrogen) atoms. The lowest BCUT2D eigenvalue weighted by Gasteiger charge is -1.97. The molecule has 0 aliphatic carbocycles. The first kappa shape index (κ1) is 20.7. The van der Waals surface area contributed by atoms with Gasteiger partial charge < -0.3 is 14.6 Å². The van der Waals surface area contributed by atoms with Crippen LogP contribution in [0.5, 0.6) is 0 Å². The van der Waals surface area contributed by atoms with Gasteiger partial charge in [-0.3, -0.25) is 19.2 Å². The second kappa shape index (κ2) is 13.8. The van der Waals surface area contributed by atoms with Crippen LogP contribution in [0.15, 0.2) is 0 Å². The molecule has 1 N–H and O–H groups in total. The molecule has 0 aromatic heterocycles. The summed E-state index contributed by atoms with van der Waals surface area (Å²) < 4.78 is 9.03. The maximum Gasteiger partial charge on any atom is 0.303 e. The van der Waals surface area contributed by atoms with Crippen molar-refractivity contribution in [1.82, 2.24) is 0 Å². The number of carbonyl (C=O) groups excluding carboxylic acids is 3. The Bertz CT molecular complexity index is 264. The predicted molar refractivity (Wildman–Crippen MR) is 70.2 cm³/mol. The molecule has 0 radical (unpaired) electrons. The van der Waals surface area contributed by atoms with Gasteiger partial charge in [-0.05, 0) is 24.4 Å². The van der Waals surface area contributed by atoms with Crippen molar-refractivity contribution in [2.24, 2.45) is 0 Å². The third kappa shape index (κ3) is 25.3. The summed E-state index contributed by atoms with van der Waals surface area (Å²) in [4.78, 5) is 40.3. The number of rotatable bonds is 8. The van der Waals surface area contributed by atoms with Crippen LogP contribution in [-0.2, 0) is 28.7 Å².